The Labute approximate surface area is 156 Å². The number of benzene rings is 1. The zero-order chi connectivity index (χ0) is 18.5. The van der Waals surface area contributed by atoms with Crippen molar-refractivity contribution >= 4 is 17.4 Å². The molecule has 0 spiro atoms. The lowest BCUT2D eigenvalue weighted by atomic mass is 9.87. The van der Waals surface area contributed by atoms with Crippen molar-refractivity contribution in [2.24, 2.45) is 5.92 Å². The van der Waals surface area contributed by atoms with Crippen molar-refractivity contribution in [2.75, 3.05) is 37.6 Å². The number of hydrogen-bond acceptors (Lipinski definition) is 3. The van der Waals surface area contributed by atoms with Crippen molar-refractivity contribution in [3.05, 3.63) is 29.8 Å². The lowest BCUT2D eigenvalue weighted by molar-refractivity contribution is -0.892. The fourth-order valence-corrected chi connectivity index (χ4v) is 4.08. The molecule has 0 aromatic heterocycles. The van der Waals surface area contributed by atoms with Gasteiger partial charge in [0.15, 0.2) is 12.3 Å². The van der Waals surface area contributed by atoms with Gasteiger partial charge in [-0.1, -0.05) is 6.92 Å². The van der Waals surface area contributed by atoms with Crippen LogP contribution in [-0.2, 0) is 4.79 Å². The highest BCUT2D eigenvalue weighted by atomic mass is 16.2. The van der Waals surface area contributed by atoms with Crippen LogP contribution in [0.4, 0.5) is 5.69 Å². The van der Waals surface area contributed by atoms with Gasteiger partial charge in [-0.05, 0) is 62.8 Å². The molecule has 3 rings (SSSR count). The van der Waals surface area contributed by atoms with Crippen molar-refractivity contribution < 1.29 is 14.5 Å². The summed E-state index contributed by atoms with van der Waals surface area (Å²) in [5.74, 6) is 1.12. The first-order valence-electron chi connectivity index (χ1n) is 10.00. The molecule has 0 unspecified atom stereocenters. The van der Waals surface area contributed by atoms with Gasteiger partial charge in [-0.15, -0.1) is 0 Å². The Morgan fingerprint density at radius 2 is 1.69 bits per heavy atom. The lowest BCUT2D eigenvalue weighted by Crippen LogP contribution is -3.16. The molecule has 1 amide bonds. The molecule has 0 radical (unpaired) electrons. The molecule has 5 heteroatoms. The van der Waals surface area contributed by atoms with Gasteiger partial charge in [-0.2, -0.15) is 0 Å². The number of nitrogens with zero attached hydrogens (tertiary/aromatic N) is 1. The number of quaternary nitrogens is 1. The van der Waals surface area contributed by atoms with Crippen LogP contribution in [-0.4, -0.2) is 50.5 Å². The Balaban J connectivity index is 1.42. The molecular formula is C21H32N3O2+. The Morgan fingerprint density at radius 3 is 2.27 bits per heavy atom. The number of Topliss-reactive ketones (excluding diaryl/α,β-unsaturated/α-hetero) is 1. The van der Waals surface area contributed by atoms with E-state index < -0.39 is 0 Å². The summed E-state index contributed by atoms with van der Waals surface area (Å²) in [4.78, 5) is 27.4. The van der Waals surface area contributed by atoms with E-state index in [0.717, 1.165) is 56.2 Å². The maximum Gasteiger partial charge on any atom is 0.275 e. The number of anilines is 1. The number of amides is 1. The summed E-state index contributed by atoms with van der Waals surface area (Å²) in [6, 6.07) is 8.24. The molecule has 142 valence electrons. The van der Waals surface area contributed by atoms with Gasteiger partial charge in [0.05, 0.1) is 26.2 Å². The molecule has 26 heavy (non-hydrogen) atoms. The van der Waals surface area contributed by atoms with Gasteiger partial charge < -0.3 is 15.1 Å². The van der Waals surface area contributed by atoms with E-state index in [-0.39, 0.29) is 11.7 Å². The first-order chi connectivity index (χ1) is 12.5. The molecular weight excluding hydrogens is 326 g/mol. The van der Waals surface area contributed by atoms with Crippen LogP contribution in [0.3, 0.4) is 0 Å². The van der Waals surface area contributed by atoms with Gasteiger partial charge in [0.2, 0.25) is 0 Å². The number of carbonyl (C=O) groups excluding carboxylic acids is 2. The van der Waals surface area contributed by atoms with Crippen molar-refractivity contribution in [3.63, 3.8) is 0 Å². The standard InChI is InChI=1S/C21H31N3O2/c1-16-3-7-19(8-4-16)22-21(26)15-23-11-13-24(14-12-23)20-9-5-18(6-10-20)17(2)25/h5-6,9-10,16,19H,3-4,7-8,11-15H2,1-2H3,(H,22,26)/p+1. The summed E-state index contributed by atoms with van der Waals surface area (Å²) in [6.45, 7) is 8.33. The molecule has 5 nitrogen and oxygen atoms in total. The third-order valence-corrected chi connectivity index (χ3v) is 5.90. The zero-order valence-electron chi connectivity index (χ0n) is 16.1. The number of hydrogen-bond donors (Lipinski definition) is 2. The highest BCUT2D eigenvalue weighted by molar-refractivity contribution is 5.94. The molecule has 1 aliphatic carbocycles. The summed E-state index contributed by atoms with van der Waals surface area (Å²) >= 11 is 0. The largest absolute Gasteiger partial charge is 0.360 e. The maximum atomic E-state index is 12.3. The van der Waals surface area contributed by atoms with Gasteiger partial charge >= 0.3 is 0 Å². The molecule has 1 saturated heterocycles. The molecule has 2 N–H and O–H groups in total. The van der Waals surface area contributed by atoms with Crippen LogP contribution in [0.25, 0.3) is 0 Å². The second-order valence-corrected chi connectivity index (χ2v) is 8.04. The molecule has 1 aromatic rings. The first-order valence-corrected chi connectivity index (χ1v) is 10.00. The molecule has 1 aromatic carbocycles. The minimum absolute atomic E-state index is 0.101. The third kappa shape index (κ3) is 5.07. The predicted octanol–water partition coefficient (Wildman–Crippen LogP) is 1.29. The van der Waals surface area contributed by atoms with Crippen molar-refractivity contribution in [1.82, 2.24) is 5.32 Å². The van der Waals surface area contributed by atoms with Crippen LogP contribution >= 0.6 is 0 Å². The number of nitrogens with one attached hydrogen (secondary N) is 2. The predicted molar refractivity (Wildman–Crippen MR) is 104 cm³/mol. The highest BCUT2D eigenvalue weighted by Gasteiger charge is 2.25. The van der Waals surface area contributed by atoms with E-state index in [1.165, 1.54) is 17.7 Å². The average molecular weight is 359 g/mol. The third-order valence-electron chi connectivity index (χ3n) is 5.90. The number of carbonyl (C=O) groups is 2. The van der Waals surface area contributed by atoms with Crippen LogP contribution < -0.4 is 15.1 Å². The summed E-state index contributed by atoms with van der Waals surface area (Å²) in [7, 11) is 0. The molecule has 2 aliphatic rings. The minimum atomic E-state index is 0.101. The molecule has 2 fully saturated rings. The van der Waals surface area contributed by atoms with Crippen LogP contribution in [0.15, 0.2) is 24.3 Å². The van der Waals surface area contributed by atoms with Gasteiger partial charge in [0.25, 0.3) is 5.91 Å². The quantitative estimate of drug-likeness (QED) is 0.780. The number of piperazine rings is 1. The van der Waals surface area contributed by atoms with Gasteiger partial charge in [0.1, 0.15) is 0 Å². The van der Waals surface area contributed by atoms with E-state index in [0.29, 0.717) is 12.6 Å². The topological polar surface area (TPSA) is 53.9 Å². The normalized spacial score (nSPS) is 24.3. The van der Waals surface area contributed by atoms with Gasteiger partial charge in [-0.25, -0.2) is 0 Å². The van der Waals surface area contributed by atoms with E-state index in [4.69, 9.17) is 0 Å². The van der Waals surface area contributed by atoms with Crippen LogP contribution in [0, 0.1) is 5.92 Å². The number of rotatable bonds is 5. The Hall–Kier alpha value is -1.88. The van der Waals surface area contributed by atoms with Crippen LogP contribution in [0.2, 0.25) is 0 Å². The molecule has 1 heterocycles. The monoisotopic (exact) mass is 358 g/mol. The molecule has 0 atom stereocenters. The Kier molecular flexibility index (Phi) is 6.30. The molecule has 0 bridgehead atoms. The fourth-order valence-electron chi connectivity index (χ4n) is 4.08. The Bertz CT molecular complexity index is 613. The van der Waals surface area contributed by atoms with E-state index >= 15 is 0 Å². The average Bonchev–Trinajstić information content (AvgIpc) is 2.64. The SMILES string of the molecule is CC(=O)c1ccc(N2CC[NH+](CC(=O)NC3CCC(C)CC3)CC2)cc1. The van der Waals surface area contributed by atoms with Crippen molar-refractivity contribution in [3.8, 4) is 0 Å². The smallest absolute Gasteiger partial charge is 0.275 e. The lowest BCUT2D eigenvalue weighted by Gasteiger charge is -2.34. The second kappa shape index (κ2) is 8.67. The Morgan fingerprint density at radius 1 is 1.08 bits per heavy atom. The van der Waals surface area contributed by atoms with Crippen molar-refractivity contribution in [1.29, 1.82) is 0 Å². The second-order valence-electron chi connectivity index (χ2n) is 8.04. The molecule has 1 aliphatic heterocycles. The molecule has 1 saturated carbocycles. The minimum Gasteiger partial charge on any atom is -0.360 e. The van der Waals surface area contributed by atoms with Crippen molar-refractivity contribution in [2.45, 2.75) is 45.6 Å². The van der Waals surface area contributed by atoms with E-state index in [1.807, 2.05) is 24.3 Å². The summed E-state index contributed by atoms with van der Waals surface area (Å²) in [6.07, 6.45) is 4.73. The summed E-state index contributed by atoms with van der Waals surface area (Å²) in [5, 5.41) is 3.24. The van der Waals surface area contributed by atoms with E-state index in [1.54, 1.807) is 6.92 Å². The van der Waals surface area contributed by atoms with E-state index in [9.17, 15) is 9.59 Å². The highest BCUT2D eigenvalue weighted by Crippen LogP contribution is 2.23. The zero-order valence-corrected chi connectivity index (χ0v) is 16.1. The van der Waals surface area contributed by atoms with Gasteiger partial charge in [0, 0.05) is 17.3 Å². The van der Waals surface area contributed by atoms with E-state index in [2.05, 4.69) is 17.1 Å². The van der Waals surface area contributed by atoms with Gasteiger partial charge in [-0.3, -0.25) is 9.59 Å². The fraction of sp³-hybridized carbons (Fsp3) is 0.619. The summed E-state index contributed by atoms with van der Waals surface area (Å²) < 4.78 is 0. The number of ketones is 1. The summed E-state index contributed by atoms with van der Waals surface area (Å²) in [5.41, 5.74) is 1.92. The van der Waals surface area contributed by atoms with Crippen LogP contribution in [0.5, 0.6) is 0 Å². The first kappa shape index (κ1) is 18.9. The maximum absolute atomic E-state index is 12.3. The van der Waals surface area contributed by atoms with Crippen LogP contribution in [0.1, 0.15) is 49.9 Å².